The van der Waals surface area contributed by atoms with Gasteiger partial charge in [-0.1, -0.05) is 12.1 Å². The molecule has 0 radical (unpaired) electrons. The van der Waals surface area contributed by atoms with Gasteiger partial charge in [0, 0.05) is 12.0 Å². The minimum absolute atomic E-state index is 0.164. The van der Waals surface area contributed by atoms with E-state index in [1.165, 1.54) is 0 Å². The van der Waals surface area contributed by atoms with Crippen molar-refractivity contribution < 1.29 is 19.4 Å². The van der Waals surface area contributed by atoms with Crippen LogP contribution in [0.5, 0.6) is 5.75 Å². The summed E-state index contributed by atoms with van der Waals surface area (Å²) in [6.07, 6.45) is 2.22. The molecule has 0 aliphatic rings. The molecule has 0 bridgehead atoms. The number of benzene rings is 1. The van der Waals surface area contributed by atoms with E-state index in [-0.39, 0.29) is 6.42 Å². The molecule has 0 saturated carbocycles. The minimum atomic E-state index is -0.789. The molecule has 16 heavy (non-hydrogen) atoms. The zero-order valence-corrected chi connectivity index (χ0v) is 8.89. The molecule has 0 aliphatic heterocycles. The fraction of sp³-hybridized carbons (Fsp3) is 0.333. The van der Waals surface area contributed by atoms with Gasteiger partial charge in [0.1, 0.15) is 12.0 Å². The van der Waals surface area contributed by atoms with Crippen LogP contribution in [0.2, 0.25) is 0 Å². The molecule has 1 rings (SSSR count). The van der Waals surface area contributed by atoms with E-state index >= 15 is 0 Å². The SMILES string of the molecule is O=Cc1cccc(OCCCCC(=O)O)c1. The number of rotatable bonds is 7. The number of unbranched alkanes of at least 4 members (excludes halogenated alkanes) is 1. The summed E-state index contributed by atoms with van der Waals surface area (Å²) in [7, 11) is 0. The summed E-state index contributed by atoms with van der Waals surface area (Å²) in [5, 5.41) is 8.42. The van der Waals surface area contributed by atoms with Gasteiger partial charge in [-0.2, -0.15) is 0 Å². The quantitative estimate of drug-likeness (QED) is 0.567. The summed E-state index contributed by atoms with van der Waals surface area (Å²) < 4.78 is 5.38. The highest BCUT2D eigenvalue weighted by atomic mass is 16.5. The molecule has 0 fully saturated rings. The first-order valence-corrected chi connectivity index (χ1v) is 5.12. The van der Waals surface area contributed by atoms with E-state index in [9.17, 15) is 9.59 Å². The summed E-state index contributed by atoms with van der Waals surface area (Å²) in [6, 6.07) is 6.87. The molecule has 1 N–H and O–H groups in total. The van der Waals surface area contributed by atoms with E-state index in [0.29, 0.717) is 30.8 Å². The first-order chi connectivity index (χ1) is 7.72. The van der Waals surface area contributed by atoms with Crippen molar-refractivity contribution >= 4 is 12.3 Å². The molecule has 0 saturated heterocycles. The lowest BCUT2D eigenvalue weighted by Gasteiger charge is -2.05. The van der Waals surface area contributed by atoms with Gasteiger partial charge in [-0.05, 0) is 25.0 Å². The average molecular weight is 222 g/mol. The number of hydrogen-bond donors (Lipinski definition) is 1. The van der Waals surface area contributed by atoms with Gasteiger partial charge in [0.15, 0.2) is 0 Å². The highest BCUT2D eigenvalue weighted by molar-refractivity contribution is 5.75. The first kappa shape index (κ1) is 12.2. The van der Waals surface area contributed by atoms with Crippen LogP contribution in [0, 0.1) is 0 Å². The third-order valence-electron chi connectivity index (χ3n) is 2.05. The number of carbonyl (C=O) groups is 2. The van der Waals surface area contributed by atoms with Gasteiger partial charge >= 0.3 is 5.97 Å². The number of carboxylic acids is 1. The van der Waals surface area contributed by atoms with E-state index in [0.717, 1.165) is 6.29 Å². The Morgan fingerprint density at radius 3 is 2.88 bits per heavy atom. The van der Waals surface area contributed by atoms with Crippen LogP contribution in [0.1, 0.15) is 29.6 Å². The molecular formula is C12H14O4. The predicted octanol–water partition coefficient (Wildman–Crippen LogP) is 2.13. The Bertz CT molecular complexity index is 360. The van der Waals surface area contributed by atoms with Gasteiger partial charge in [-0.15, -0.1) is 0 Å². The van der Waals surface area contributed by atoms with Gasteiger partial charge in [0.2, 0.25) is 0 Å². The van der Waals surface area contributed by atoms with E-state index in [1.807, 2.05) is 0 Å². The fourth-order valence-corrected chi connectivity index (χ4v) is 1.25. The van der Waals surface area contributed by atoms with E-state index in [2.05, 4.69) is 0 Å². The van der Waals surface area contributed by atoms with Crippen LogP contribution >= 0.6 is 0 Å². The van der Waals surface area contributed by atoms with E-state index in [1.54, 1.807) is 24.3 Å². The smallest absolute Gasteiger partial charge is 0.303 e. The molecule has 0 amide bonds. The third-order valence-corrected chi connectivity index (χ3v) is 2.05. The number of hydrogen-bond acceptors (Lipinski definition) is 3. The number of aldehydes is 1. The van der Waals surface area contributed by atoms with Gasteiger partial charge in [-0.25, -0.2) is 0 Å². The topological polar surface area (TPSA) is 63.6 Å². The van der Waals surface area contributed by atoms with Crippen LogP contribution in [0.25, 0.3) is 0 Å². The van der Waals surface area contributed by atoms with Crippen LogP contribution in [-0.2, 0) is 4.79 Å². The van der Waals surface area contributed by atoms with E-state index < -0.39 is 5.97 Å². The van der Waals surface area contributed by atoms with Crippen LogP contribution in [0.4, 0.5) is 0 Å². The van der Waals surface area contributed by atoms with Gasteiger partial charge in [0.05, 0.1) is 6.61 Å². The summed E-state index contributed by atoms with van der Waals surface area (Å²) in [4.78, 5) is 20.7. The van der Waals surface area contributed by atoms with E-state index in [4.69, 9.17) is 9.84 Å². The van der Waals surface area contributed by atoms with Crippen molar-refractivity contribution in [2.24, 2.45) is 0 Å². The van der Waals surface area contributed by atoms with Crippen LogP contribution in [0.15, 0.2) is 24.3 Å². The van der Waals surface area contributed by atoms with Crippen LogP contribution in [-0.4, -0.2) is 24.0 Å². The second-order valence-corrected chi connectivity index (χ2v) is 3.39. The molecule has 0 spiro atoms. The second-order valence-electron chi connectivity index (χ2n) is 3.39. The normalized spacial score (nSPS) is 9.75. The Morgan fingerprint density at radius 1 is 1.38 bits per heavy atom. The predicted molar refractivity (Wildman–Crippen MR) is 58.8 cm³/mol. The molecular weight excluding hydrogens is 208 g/mol. The monoisotopic (exact) mass is 222 g/mol. The molecule has 0 unspecified atom stereocenters. The lowest BCUT2D eigenvalue weighted by Crippen LogP contribution is -2.00. The zero-order valence-electron chi connectivity index (χ0n) is 8.89. The Hall–Kier alpha value is -1.84. The first-order valence-electron chi connectivity index (χ1n) is 5.12. The Balaban J connectivity index is 2.26. The Labute approximate surface area is 93.9 Å². The second kappa shape index (κ2) is 6.61. The van der Waals surface area contributed by atoms with Crippen molar-refractivity contribution in [2.45, 2.75) is 19.3 Å². The lowest BCUT2D eigenvalue weighted by molar-refractivity contribution is -0.137. The number of carboxylic acid groups (broad SMARTS) is 1. The minimum Gasteiger partial charge on any atom is -0.494 e. The lowest BCUT2D eigenvalue weighted by atomic mass is 10.2. The highest BCUT2D eigenvalue weighted by Gasteiger charge is 1.98. The maximum atomic E-state index is 10.5. The number of carbonyl (C=O) groups excluding carboxylic acids is 1. The van der Waals surface area contributed by atoms with Crippen molar-refractivity contribution in [3.63, 3.8) is 0 Å². The summed E-state index contributed by atoms with van der Waals surface area (Å²) in [5.41, 5.74) is 0.572. The fourth-order valence-electron chi connectivity index (χ4n) is 1.25. The molecule has 0 aromatic heterocycles. The van der Waals surface area contributed by atoms with Gasteiger partial charge < -0.3 is 9.84 Å². The maximum absolute atomic E-state index is 10.5. The molecule has 1 aromatic rings. The summed E-state index contributed by atoms with van der Waals surface area (Å²) >= 11 is 0. The standard InChI is InChI=1S/C12H14O4/c13-9-10-4-3-5-11(8-10)16-7-2-1-6-12(14)15/h3-5,8-9H,1-2,6-7H2,(H,14,15). The Kier molecular flexibility index (Phi) is 5.05. The zero-order chi connectivity index (χ0) is 11.8. The van der Waals surface area contributed by atoms with Gasteiger partial charge in [-0.3, -0.25) is 9.59 Å². The third kappa shape index (κ3) is 4.59. The average Bonchev–Trinajstić information content (AvgIpc) is 2.28. The molecule has 0 heterocycles. The maximum Gasteiger partial charge on any atom is 0.303 e. The highest BCUT2D eigenvalue weighted by Crippen LogP contribution is 2.12. The van der Waals surface area contributed by atoms with Crippen LogP contribution in [0.3, 0.4) is 0 Å². The number of aliphatic carboxylic acids is 1. The molecule has 1 aromatic carbocycles. The summed E-state index contributed by atoms with van der Waals surface area (Å²) in [5.74, 6) is -0.150. The molecule has 0 aliphatic carbocycles. The van der Waals surface area contributed by atoms with Crippen molar-refractivity contribution in [1.29, 1.82) is 0 Å². The van der Waals surface area contributed by atoms with Crippen molar-refractivity contribution in [1.82, 2.24) is 0 Å². The van der Waals surface area contributed by atoms with Crippen molar-refractivity contribution in [3.05, 3.63) is 29.8 Å². The molecule has 4 heteroatoms. The number of ether oxygens (including phenoxy) is 1. The molecule has 0 atom stereocenters. The van der Waals surface area contributed by atoms with Crippen molar-refractivity contribution in [3.8, 4) is 5.75 Å². The van der Waals surface area contributed by atoms with Gasteiger partial charge in [0.25, 0.3) is 0 Å². The van der Waals surface area contributed by atoms with Crippen molar-refractivity contribution in [2.75, 3.05) is 6.61 Å². The molecule has 86 valence electrons. The Morgan fingerprint density at radius 2 is 2.19 bits per heavy atom. The summed E-state index contributed by atoms with van der Waals surface area (Å²) in [6.45, 7) is 0.468. The van der Waals surface area contributed by atoms with Crippen LogP contribution < -0.4 is 4.74 Å². The molecule has 4 nitrogen and oxygen atoms in total. The largest absolute Gasteiger partial charge is 0.494 e.